The summed E-state index contributed by atoms with van der Waals surface area (Å²) in [5.74, 6) is 0. The molecule has 0 saturated heterocycles. The molecule has 0 spiro atoms. The van der Waals surface area contributed by atoms with Gasteiger partial charge < -0.3 is 5.32 Å². The van der Waals surface area contributed by atoms with Crippen LogP contribution in [0, 0.1) is 10.1 Å². The molecule has 0 bridgehead atoms. The number of nitro groups is 1. The van der Waals surface area contributed by atoms with Crippen LogP contribution >= 0.6 is 0 Å². The van der Waals surface area contributed by atoms with Gasteiger partial charge in [-0.2, -0.15) is 0 Å². The first-order chi connectivity index (χ1) is 8.24. The van der Waals surface area contributed by atoms with Crippen molar-refractivity contribution in [2.45, 2.75) is 6.42 Å². The second-order valence-electron chi connectivity index (χ2n) is 3.27. The molecule has 1 rings (SSSR count). The van der Waals surface area contributed by atoms with E-state index in [0.717, 1.165) is 12.0 Å². The minimum Gasteiger partial charge on any atom is -0.385 e. The van der Waals surface area contributed by atoms with Gasteiger partial charge in [0.15, 0.2) is 0 Å². The zero-order valence-electron chi connectivity index (χ0n) is 9.54. The molecule has 0 aliphatic heterocycles. The van der Waals surface area contributed by atoms with Crippen LogP contribution in [-0.2, 0) is 6.42 Å². The van der Waals surface area contributed by atoms with Crippen LogP contribution in [0.3, 0.4) is 0 Å². The topological polar surface area (TPSA) is 80.4 Å². The highest BCUT2D eigenvalue weighted by Crippen LogP contribution is 1.96. The van der Waals surface area contributed by atoms with E-state index in [0.29, 0.717) is 6.54 Å². The molecule has 6 heteroatoms. The van der Waals surface area contributed by atoms with E-state index < -0.39 is 4.92 Å². The zero-order chi connectivity index (χ0) is 12.5. The van der Waals surface area contributed by atoms with Crippen molar-refractivity contribution in [3.63, 3.8) is 0 Å². The summed E-state index contributed by atoms with van der Waals surface area (Å²) in [5.41, 5.74) is 1.08. The van der Waals surface area contributed by atoms with E-state index in [4.69, 9.17) is 0 Å². The standard InChI is InChI=1S/C11H14N4O2/c1-12-8-11(15(16)17)9-14-7-4-10-2-5-13-6-3-10/h2-3,5-6,8-9,14H,4,7H2,1H3/b11-9+,12-8-. The van der Waals surface area contributed by atoms with Gasteiger partial charge in [0.2, 0.25) is 0 Å². The molecule has 0 fully saturated rings. The molecule has 1 aromatic rings. The van der Waals surface area contributed by atoms with Gasteiger partial charge in [0.1, 0.15) is 6.21 Å². The van der Waals surface area contributed by atoms with Gasteiger partial charge in [-0.15, -0.1) is 0 Å². The summed E-state index contributed by atoms with van der Waals surface area (Å²) in [4.78, 5) is 17.6. The summed E-state index contributed by atoms with van der Waals surface area (Å²) in [7, 11) is 1.49. The third-order valence-electron chi connectivity index (χ3n) is 2.03. The van der Waals surface area contributed by atoms with E-state index in [1.165, 1.54) is 19.5 Å². The smallest absolute Gasteiger partial charge is 0.302 e. The van der Waals surface area contributed by atoms with Crippen LogP contribution in [0.2, 0.25) is 0 Å². The normalized spacial score (nSPS) is 11.7. The second-order valence-corrected chi connectivity index (χ2v) is 3.27. The largest absolute Gasteiger partial charge is 0.385 e. The monoisotopic (exact) mass is 234 g/mol. The van der Waals surface area contributed by atoms with E-state index in [1.807, 2.05) is 12.1 Å². The van der Waals surface area contributed by atoms with Gasteiger partial charge in [-0.3, -0.25) is 20.1 Å². The molecule has 0 aliphatic rings. The van der Waals surface area contributed by atoms with Crippen LogP contribution in [0.4, 0.5) is 0 Å². The average molecular weight is 234 g/mol. The third kappa shape index (κ3) is 4.87. The molecule has 0 aliphatic carbocycles. The van der Waals surface area contributed by atoms with Gasteiger partial charge in [-0.05, 0) is 24.1 Å². The van der Waals surface area contributed by atoms with Gasteiger partial charge >= 0.3 is 5.70 Å². The van der Waals surface area contributed by atoms with Crippen molar-refractivity contribution in [3.05, 3.63) is 52.1 Å². The second kappa shape index (κ2) is 7.10. The number of hydrogen-bond donors (Lipinski definition) is 1. The lowest BCUT2D eigenvalue weighted by Gasteiger charge is -2.00. The number of rotatable bonds is 6. The Hall–Kier alpha value is -2.24. The molecule has 90 valence electrons. The Morgan fingerprint density at radius 1 is 1.59 bits per heavy atom. The molecule has 0 radical (unpaired) electrons. The van der Waals surface area contributed by atoms with Gasteiger partial charge in [0.25, 0.3) is 0 Å². The van der Waals surface area contributed by atoms with Crippen LogP contribution in [0.1, 0.15) is 5.56 Å². The van der Waals surface area contributed by atoms with E-state index in [9.17, 15) is 10.1 Å². The number of allylic oxidation sites excluding steroid dienone is 1. The zero-order valence-corrected chi connectivity index (χ0v) is 9.54. The Kier molecular flexibility index (Phi) is 5.36. The summed E-state index contributed by atoms with van der Waals surface area (Å²) in [6.45, 7) is 0.624. The van der Waals surface area contributed by atoms with Gasteiger partial charge in [0, 0.05) is 26.0 Å². The first-order valence-electron chi connectivity index (χ1n) is 5.13. The maximum Gasteiger partial charge on any atom is 0.302 e. The van der Waals surface area contributed by atoms with Crippen molar-refractivity contribution in [3.8, 4) is 0 Å². The SMILES string of the molecule is C/N=C\C(=C/NCCc1ccncc1)[N+](=O)[O-]. The maximum atomic E-state index is 10.6. The lowest BCUT2D eigenvalue weighted by molar-refractivity contribution is -0.414. The van der Waals surface area contributed by atoms with Crippen LogP contribution in [0.25, 0.3) is 0 Å². The third-order valence-corrected chi connectivity index (χ3v) is 2.03. The molecule has 0 atom stereocenters. The molecule has 0 unspecified atom stereocenters. The van der Waals surface area contributed by atoms with Crippen LogP contribution < -0.4 is 5.32 Å². The molecule has 0 amide bonds. The van der Waals surface area contributed by atoms with Crippen LogP contribution in [-0.4, -0.2) is 29.7 Å². The average Bonchev–Trinajstić information content (AvgIpc) is 2.34. The quantitative estimate of drug-likeness (QED) is 0.345. The van der Waals surface area contributed by atoms with Crippen molar-refractivity contribution in [1.29, 1.82) is 0 Å². The molecule has 17 heavy (non-hydrogen) atoms. The van der Waals surface area contributed by atoms with Crippen molar-refractivity contribution in [2.24, 2.45) is 4.99 Å². The highest BCUT2D eigenvalue weighted by Gasteiger charge is 2.04. The number of hydrogen-bond acceptors (Lipinski definition) is 5. The summed E-state index contributed by atoms with van der Waals surface area (Å²) in [6, 6.07) is 3.82. The summed E-state index contributed by atoms with van der Waals surface area (Å²) in [5, 5.41) is 13.4. The van der Waals surface area contributed by atoms with Gasteiger partial charge in [-0.1, -0.05) is 0 Å². The minimum absolute atomic E-state index is 0.0535. The molecule has 0 aromatic carbocycles. The fourth-order valence-electron chi connectivity index (χ4n) is 1.21. The van der Waals surface area contributed by atoms with Crippen molar-refractivity contribution < 1.29 is 4.92 Å². The summed E-state index contributed by atoms with van der Waals surface area (Å²) in [6.07, 6.45) is 6.79. The van der Waals surface area contributed by atoms with E-state index in [-0.39, 0.29) is 5.70 Å². The molecule has 6 nitrogen and oxygen atoms in total. The highest BCUT2D eigenvalue weighted by atomic mass is 16.6. The van der Waals surface area contributed by atoms with Gasteiger partial charge in [0.05, 0.1) is 11.1 Å². The molecular weight excluding hydrogens is 220 g/mol. The molecule has 0 saturated carbocycles. The Morgan fingerprint density at radius 3 is 2.88 bits per heavy atom. The fraction of sp³-hybridized carbons (Fsp3) is 0.273. The maximum absolute atomic E-state index is 10.6. The minimum atomic E-state index is -0.480. The van der Waals surface area contributed by atoms with Crippen molar-refractivity contribution >= 4 is 6.21 Å². The number of pyridine rings is 1. The van der Waals surface area contributed by atoms with Crippen LogP contribution in [0.15, 0.2) is 41.4 Å². The predicted molar refractivity (Wildman–Crippen MR) is 65.4 cm³/mol. The molecular formula is C11H14N4O2. The number of nitrogens with one attached hydrogen (secondary N) is 1. The lowest BCUT2D eigenvalue weighted by Crippen LogP contribution is -2.13. The molecule has 1 aromatic heterocycles. The predicted octanol–water partition coefficient (Wildman–Crippen LogP) is 1.03. The molecule has 1 heterocycles. The number of aliphatic imine (C=N–C) groups is 1. The Labute approximate surface area is 99.2 Å². The van der Waals surface area contributed by atoms with Gasteiger partial charge in [-0.25, -0.2) is 0 Å². The first kappa shape index (κ1) is 12.8. The molecule has 1 N–H and O–H groups in total. The van der Waals surface area contributed by atoms with E-state index in [2.05, 4.69) is 15.3 Å². The van der Waals surface area contributed by atoms with Crippen molar-refractivity contribution in [1.82, 2.24) is 10.3 Å². The lowest BCUT2D eigenvalue weighted by atomic mass is 10.2. The highest BCUT2D eigenvalue weighted by molar-refractivity contribution is 5.74. The first-order valence-corrected chi connectivity index (χ1v) is 5.13. The number of aromatic nitrogens is 1. The van der Waals surface area contributed by atoms with E-state index in [1.54, 1.807) is 12.4 Å². The Morgan fingerprint density at radius 2 is 2.29 bits per heavy atom. The van der Waals surface area contributed by atoms with Crippen LogP contribution in [0.5, 0.6) is 0 Å². The summed E-state index contributed by atoms with van der Waals surface area (Å²) >= 11 is 0. The van der Waals surface area contributed by atoms with Crippen molar-refractivity contribution in [2.75, 3.05) is 13.6 Å². The Bertz CT molecular complexity index is 415. The van der Waals surface area contributed by atoms with E-state index >= 15 is 0 Å². The summed E-state index contributed by atoms with van der Waals surface area (Å²) < 4.78 is 0. The fourth-order valence-corrected chi connectivity index (χ4v) is 1.21. The number of nitrogens with zero attached hydrogens (tertiary/aromatic N) is 3. The Balaban J connectivity index is 2.41.